The van der Waals surface area contributed by atoms with Crippen molar-refractivity contribution in [1.29, 1.82) is 0 Å². The quantitative estimate of drug-likeness (QED) is 0.661. The minimum atomic E-state index is -0.572. The second-order valence-electron chi connectivity index (χ2n) is 3.31. The number of hydrogen-bond acceptors (Lipinski definition) is 4. The van der Waals surface area contributed by atoms with Gasteiger partial charge in [-0.15, -0.1) is 17.8 Å². The van der Waals surface area contributed by atoms with Gasteiger partial charge in [-0.1, -0.05) is 0 Å². The summed E-state index contributed by atoms with van der Waals surface area (Å²) in [6.45, 7) is 5.69. The Bertz CT molecular complexity index is 497. The smallest absolute Gasteiger partial charge is 0.341 e. The number of esters is 1. The number of nitrogens with one attached hydrogen (secondary N) is 1. The Hall–Kier alpha value is -1.80. The first-order valence-corrected chi connectivity index (χ1v) is 5.87. The lowest BCUT2D eigenvalue weighted by Gasteiger charge is -2.04. The highest BCUT2D eigenvalue weighted by Crippen LogP contribution is 2.32. The molecule has 0 aliphatic heterocycles. The first-order valence-electron chi connectivity index (χ1n) is 5.06. The number of terminal acetylenes is 1. The summed E-state index contributed by atoms with van der Waals surface area (Å²) >= 11 is 1.31. The van der Waals surface area contributed by atoms with Crippen LogP contribution in [0.1, 0.15) is 27.7 Å². The number of carbonyl (C=O) groups is 2. The summed E-state index contributed by atoms with van der Waals surface area (Å²) in [6, 6.07) is 0. The molecule has 1 N–H and O–H groups in total. The number of anilines is 1. The maximum Gasteiger partial charge on any atom is 0.341 e. The van der Waals surface area contributed by atoms with Crippen molar-refractivity contribution < 1.29 is 14.3 Å². The molecule has 1 aromatic rings. The topological polar surface area (TPSA) is 55.4 Å². The highest BCUT2D eigenvalue weighted by molar-refractivity contribution is 7.16. The van der Waals surface area contributed by atoms with Gasteiger partial charge < -0.3 is 10.1 Å². The molecule has 1 heterocycles. The standard InChI is InChI=1S/C12H13NO3S/c1-5-9(14)13-11-10(12(15)16-6-2)7(3)8(4)17-11/h1H,6H2,2-4H3,(H,13,14). The third-order valence-corrected chi connectivity index (χ3v) is 3.35. The van der Waals surface area contributed by atoms with Crippen LogP contribution in [0.4, 0.5) is 5.00 Å². The van der Waals surface area contributed by atoms with Crippen LogP contribution in [0.25, 0.3) is 0 Å². The first kappa shape index (κ1) is 13.3. The van der Waals surface area contributed by atoms with Gasteiger partial charge in [0.05, 0.1) is 12.2 Å². The molecule has 0 aromatic carbocycles. The molecule has 1 amide bonds. The van der Waals surface area contributed by atoms with Gasteiger partial charge in [0.2, 0.25) is 0 Å². The average Bonchev–Trinajstić information content (AvgIpc) is 2.54. The van der Waals surface area contributed by atoms with Crippen LogP contribution < -0.4 is 5.32 Å². The molecule has 0 bridgehead atoms. The summed E-state index contributed by atoms with van der Waals surface area (Å²) in [5, 5.41) is 2.95. The Morgan fingerprint density at radius 1 is 1.47 bits per heavy atom. The van der Waals surface area contributed by atoms with Gasteiger partial charge in [0, 0.05) is 4.88 Å². The summed E-state index contributed by atoms with van der Waals surface area (Å²) in [7, 11) is 0. The lowest BCUT2D eigenvalue weighted by Crippen LogP contribution is -2.12. The summed E-state index contributed by atoms with van der Waals surface area (Å²) < 4.78 is 4.94. The fourth-order valence-electron chi connectivity index (χ4n) is 1.30. The van der Waals surface area contributed by atoms with Gasteiger partial charge in [-0.2, -0.15) is 0 Å². The lowest BCUT2D eigenvalue weighted by atomic mass is 10.1. The predicted molar refractivity (Wildman–Crippen MR) is 67.2 cm³/mol. The molecule has 0 aliphatic carbocycles. The minimum absolute atomic E-state index is 0.287. The number of rotatable bonds is 3. The zero-order valence-electron chi connectivity index (χ0n) is 9.92. The largest absolute Gasteiger partial charge is 0.462 e. The van der Waals surface area contributed by atoms with E-state index >= 15 is 0 Å². The van der Waals surface area contributed by atoms with E-state index in [9.17, 15) is 9.59 Å². The second kappa shape index (κ2) is 5.51. The molecule has 0 atom stereocenters. The molecule has 0 aliphatic rings. The van der Waals surface area contributed by atoms with Crippen LogP contribution in [-0.4, -0.2) is 18.5 Å². The molecule has 0 unspecified atom stereocenters. The Labute approximate surface area is 104 Å². The molecule has 4 nitrogen and oxygen atoms in total. The van der Waals surface area contributed by atoms with E-state index in [1.54, 1.807) is 6.92 Å². The van der Waals surface area contributed by atoms with Crippen LogP contribution >= 0.6 is 11.3 Å². The maximum absolute atomic E-state index is 11.8. The first-order chi connectivity index (χ1) is 8.01. The fraction of sp³-hybridized carbons (Fsp3) is 0.333. The van der Waals surface area contributed by atoms with Crippen molar-refractivity contribution >= 4 is 28.2 Å². The number of carbonyl (C=O) groups excluding carboxylic acids is 2. The third-order valence-electron chi connectivity index (χ3n) is 2.22. The number of amides is 1. The highest BCUT2D eigenvalue weighted by Gasteiger charge is 2.21. The van der Waals surface area contributed by atoms with Crippen molar-refractivity contribution in [1.82, 2.24) is 0 Å². The van der Waals surface area contributed by atoms with Gasteiger partial charge in [0.15, 0.2) is 0 Å². The van der Waals surface area contributed by atoms with Gasteiger partial charge in [0.1, 0.15) is 5.00 Å². The molecule has 0 radical (unpaired) electrons. The summed E-state index contributed by atoms with van der Waals surface area (Å²) in [4.78, 5) is 23.8. The van der Waals surface area contributed by atoms with E-state index in [0.717, 1.165) is 10.4 Å². The zero-order valence-corrected chi connectivity index (χ0v) is 10.7. The van der Waals surface area contributed by atoms with Crippen molar-refractivity contribution in [2.75, 3.05) is 11.9 Å². The van der Waals surface area contributed by atoms with Crippen LogP contribution in [-0.2, 0) is 9.53 Å². The molecular formula is C12H13NO3S. The molecule has 0 saturated carbocycles. The van der Waals surface area contributed by atoms with E-state index < -0.39 is 11.9 Å². The van der Waals surface area contributed by atoms with Crippen LogP contribution in [0.15, 0.2) is 0 Å². The maximum atomic E-state index is 11.8. The molecular weight excluding hydrogens is 238 g/mol. The number of hydrogen-bond donors (Lipinski definition) is 1. The highest BCUT2D eigenvalue weighted by atomic mass is 32.1. The van der Waals surface area contributed by atoms with Crippen molar-refractivity contribution in [3.8, 4) is 12.3 Å². The lowest BCUT2D eigenvalue weighted by molar-refractivity contribution is -0.111. The SMILES string of the molecule is C#CC(=O)Nc1sc(C)c(C)c1C(=O)OCC. The van der Waals surface area contributed by atoms with Crippen molar-refractivity contribution in [2.45, 2.75) is 20.8 Å². The monoisotopic (exact) mass is 251 g/mol. The van der Waals surface area contributed by atoms with Crippen molar-refractivity contribution in [3.63, 3.8) is 0 Å². The molecule has 1 aromatic heterocycles. The molecule has 0 saturated heterocycles. The van der Waals surface area contributed by atoms with E-state index in [-0.39, 0.29) is 6.61 Å². The Kier molecular flexibility index (Phi) is 4.30. The van der Waals surface area contributed by atoms with Gasteiger partial charge in [-0.25, -0.2) is 4.79 Å². The molecule has 5 heteroatoms. The van der Waals surface area contributed by atoms with Gasteiger partial charge in [-0.3, -0.25) is 4.79 Å². The van der Waals surface area contributed by atoms with Crippen molar-refractivity contribution in [2.24, 2.45) is 0 Å². The van der Waals surface area contributed by atoms with Gasteiger partial charge in [-0.05, 0) is 32.3 Å². The molecule has 90 valence electrons. The molecule has 0 fully saturated rings. The average molecular weight is 251 g/mol. The molecule has 1 rings (SSSR count). The number of aryl methyl sites for hydroxylation is 1. The van der Waals surface area contributed by atoms with E-state index in [2.05, 4.69) is 5.32 Å². The van der Waals surface area contributed by atoms with E-state index in [1.165, 1.54) is 11.3 Å². The van der Waals surface area contributed by atoms with Crippen LogP contribution in [0.3, 0.4) is 0 Å². The van der Waals surface area contributed by atoms with E-state index in [1.807, 2.05) is 19.8 Å². The van der Waals surface area contributed by atoms with E-state index in [4.69, 9.17) is 11.2 Å². The Balaban J connectivity index is 3.14. The number of ether oxygens (including phenoxy) is 1. The second-order valence-corrected chi connectivity index (χ2v) is 4.53. The summed E-state index contributed by atoms with van der Waals surface area (Å²) in [5.41, 5.74) is 1.19. The summed E-state index contributed by atoms with van der Waals surface area (Å²) in [6.07, 6.45) is 4.98. The normalized spacial score (nSPS) is 9.53. The van der Waals surface area contributed by atoms with Crippen LogP contribution in [0.5, 0.6) is 0 Å². The summed E-state index contributed by atoms with van der Waals surface area (Å²) in [5.74, 6) is 0.930. The third kappa shape index (κ3) is 2.86. The van der Waals surface area contributed by atoms with Gasteiger partial charge >= 0.3 is 11.9 Å². The van der Waals surface area contributed by atoms with E-state index in [0.29, 0.717) is 10.6 Å². The van der Waals surface area contributed by atoms with Crippen LogP contribution in [0, 0.1) is 26.2 Å². The molecule has 17 heavy (non-hydrogen) atoms. The fourth-order valence-corrected chi connectivity index (χ4v) is 2.35. The predicted octanol–water partition coefficient (Wildman–Crippen LogP) is 2.11. The zero-order chi connectivity index (χ0) is 13.0. The number of thiophene rings is 1. The van der Waals surface area contributed by atoms with Crippen molar-refractivity contribution in [3.05, 3.63) is 16.0 Å². The van der Waals surface area contributed by atoms with Crippen LogP contribution in [0.2, 0.25) is 0 Å². The Morgan fingerprint density at radius 3 is 2.65 bits per heavy atom. The molecule has 0 spiro atoms. The minimum Gasteiger partial charge on any atom is -0.462 e. The van der Waals surface area contributed by atoms with Gasteiger partial charge in [0.25, 0.3) is 0 Å². The Morgan fingerprint density at radius 2 is 2.12 bits per heavy atom.